The van der Waals surface area contributed by atoms with E-state index in [4.69, 9.17) is 32.7 Å². The Balaban J connectivity index is 2.38. The highest BCUT2D eigenvalue weighted by Gasteiger charge is 2.10. The van der Waals surface area contributed by atoms with Crippen LogP contribution >= 0.6 is 34.7 Å². The zero-order chi connectivity index (χ0) is 11.3. The van der Waals surface area contributed by atoms with Crippen molar-refractivity contribution in [3.8, 4) is 0 Å². The molecule has 15 heavy (non-hydrogen) atoms. The topological polar surface area (TPSA) is 40.5 Å². The van der Waals surface area contributed by atoms with Gasteiger partial charge >= 0.3 is 0 Å². The highest BCUT2D eigenvalue weighted by Crippen LogP contribution is 2.22. The molecule has 1 rings (SSSR count). The standard InChI is InChI=1S/C8H11Cl2NO3S/c1-13-4-5-14-3-2-11-8(12)6(9)7(10)15-11/h2-5H2,1H3. The van der Waals surface area contributed by atoms with Gasteiger partial charge in [-0.05, 0) is 11.5 Å². The lowest BCUT2D eigenvalue weighted by Gasteiger charge is -2.02. The van der Waals surface area contributed by atoms with Crippen molar-refractivity contribution < 1.29 is 9.47 Å². The van der Waals surface area contributed by atoms with E-state index in [0.717, 1.165) is 11.5 Å². The molecule has 0 unspecified atom stereocenters. The highest BCUT2D eigenvalue weighted by molar-refractivity contribution is 7.11. The third-order valence-corrected chi connectivity index (χ3v) is 3.54. The first kappa shape index (κ1) is 13.0. The van der Waals surface area contributed by atoms with Gasteiger partial charge in [-0.15, -0.1) is 0 Å². The molecule has 0 amide bonds. The third kappa shape index (κ3) is 3.77. The Hall–Kier alpha value is -0.0700. The molecule has 0 saturated carbocycles. The Bertz CT molecular complexity index is 363. The van der Waals surface area contributed by atoms with Crippen molar-refractivity contribution in [2.45, 2.75) is 6.54 Å². The first-order valence-corrected chi connectivity index (χ1v) is 5.81. The number of nitrogens with zero attached hydrogens (tertiary/aromatic N) is 1. The molecule has 1 aromatic heterocycles. The SMILES string of the molecule is COCCOCCn1sc(Cl)c(Cl)c1=O. The maximum atomic E-state index is 11.4. The van der Waals surface area contributed by atoms with Gasteiger partial charge in [-0.2, -0.15) is 0 Å². The van der Waals surface area contributed by atoms with Crippen molar-refractivity contribution in [2.75, 3.05) is 26.9 Å². The fourth-order valence-corrected chi connectivity index (χ4v) is 2.20. The van der Waals surface area contributed by atoms with Gasteiger partial charge in [-0.25, -0.2) is 0 Å². The first-order valence-electron chi connectivity index (χ1n) is 4.28. The summed E-state index contributed by atoms with van der Waals surface area (Å²) in [5, 5.41) is 0.0820. The second-order valence-corrected chi connectivity index (χ2v) is 4.70. The summed E-state index contributed by atoms with van der Waals surface area (Å²) in [5.41, 5.74) is -0.262. The van der Waals surface area contributed by atoms with Crippen LogP contribution in [0.2, 0.25) is 9.36 Å². The fraction of sp³-hybridized carbons (Fsp3) is 0.625. The van der Waals surface area contributed by atoms with Crippen LogP contribution < -0.4 is 5.56 Å². The quantitative estimate of drug-likeness (QED) is 0.742. The lowest BCUT2D eigenvalue weighted by molar-refractivity contribution is 0.0673. The molecular weight excluding hydrogens is 261 g/mol. The van der Waals surface area contributed by atoms with E-state index in [1.807, 2.05) is 0 Å². The number of rotatable bonds is 6. The molecule has 0 saturated heterocycles. The normalized spacial score (nSPS) is 10.9. The predicted molar refractivity (Wildman–Crippen MR) is 61.3 cm³/mol. The van der Waals surface area contributed by atoms with Gasteiger partial charge < -0.3 is 9.47 Å². The molecule has 7 heteroatoms. The number of aromatic nitrogens is 1. The maximum Gasteiger partial charge on any atom is 0.281 e. The molecule has 0 aliphatic heterocycles. The third-order valence-electron chi connectivity index (χ3n) is 1.65. The molecule has 4 nitrogen and oxygen atoms in total. The number of ether oxygens (including phenoxy) is 2. The maximum absolute atomic E-state index is 11.4. The van der Waals surface area contributed by atoms with E-state index in [-0.39, 0.29) is 10.6 Å². The van der Waals surface area contributed by atoms with E-state index in [9.17, 15) is 4.79 Å². The summed E-state index contributed by atoms with van der Waals surface area (Å²) in [7, 11) is 1.60. The zero-order valence-electron chi connectivity index (χ0n) is 8.16. The Labute approximate surface area is 101 Å². The molecule has 86 valence electrons. The van der Waals surface area contributed by atoms with E-state index in [1.165, 1.54) is 3.96 Å². The molecule has 1 heterocycles. The van der Waals surface area contributed by atoms with Crippen molar-refractivity contribution >= 4 is 34.7 Å². The summed E-state index contributed by atoms with van der Waals surface area (Å²) >= 11 is 12.5. The average Bonchev–Trinajstić information content (AvgIpc) is 2.46. The predicted octanol–water partition coefficient (Wildman–Crippen LogP) is 1.88. The van der Waals surface area contributed by atoms with E-state index in [2.05, 4.69) is 0 Å². The number of halogens is 2. The van der Waals surface area contributed by atoms with Crippen LogP contribution in [0.25, 0.3) is 0 Å². The largest absolute Gasteiger partial charge is 0.382 e. The number of hydrogen-bond acceptors (Lipinski definition) is 4. The van der Waals surface area contributed by atoms with Gasteiger partial charge in [-0.3, -0.25) is 8.75 Å². The average molecular weight is 272 g/mol. The van der Waals surface area contributed by atoms with Gasteiger partial charge in [0.2, 0.25) is 0 Å². The van der Waals surface area contributed by atoms with Gasteiger partial charge in [0.05, 0.1) is 26.4 Å². The van der Waals surface area contributed by atoms with Gasteiger partial charge in [0.1, 0.15) is 9.36 Å². The van der Waals surface area contributed by atoms with Crippen molar-refractivity contribution in [2.24, 2.45) is 0 Å². The van der Waals surface area contributed by atoms with Gasteiger partial charge in [-0.1, -0.05) is 23.2 Å². The lowest BCUT2D eigenvalue weighted by atomic mass is 10.6. The summed E-state index contributed by atoms with van der Waals surface area (Å²) in [6.45, 7) is 1.95. The fourth-order valence-electron chi connectivity index (χ4n) is 0.911. The van der Waals surface area contributed by atoms with Gasteiger partial charge in [0.15, 0.2) is 0 Å². The first-order chi connectivity index (χ1) is 7.16. The van der Waals surface area contributed by atoms with Crippen LogP contribution in [0.3, 0.4) is 0 Å². The highest BCUT2D eigenvalue weighted by atomic mass is 35.5. The van der Waals surface area contributed by atoms with Crippen molar-refractivity contribution in [3.05, 3.63) is 19.7 Å². The van der Waals surface area contributed by atoms with Crippen LogP contribution in [0.1, 0.15) is 0 Å². The van der Waals surface area contributed by atoms with Crippen LogP contribution in [0.5, 0.6) is 0 Å². The zero-order valence-corrected chi connectivity index (χ0v) is 10.5. The molecule has 0 bridgehead atoms. The van der Waals surface area contributed by atoms with Crippen molar-refractivity contribution in [1.82, 2.24) is 3.96 Å². The van der Waals surface area contributed by atoms with E-state index < -0.39 is 0 Å². The number of methoxy groups -OCH3 is 1. The molecule has 0 aliphatic carbocycles. The van der Waals surface area contributed by atoms with E-state index in [0.29, 0.717) is 30.7 Å². The van der Waals surface area contributed by atoms with Gasteiger partial charge in [0.25, 0.3) is 5.56 Å². The summed E-state index contributed by atoms with van der Waals surface area (Å²) in [6, 6.07) is 0. The van der Waals surface area contributed by atoms with Crippen LogP contribution in [-0.4, -0.2) is 30.9 Å². The Morgan fingerprint density at radius 2 is 2.07 bits per heavy atom. The summed E-state index contributed by atoms with van der Waals surface area (Å²) in [6.07, 6.45) is 0. The monoisotopic (exact) mass is 271 g/mol. The molecule has 0 N–H and O–H groups in total. The van der Waals surface area contributed by atoms with Crippen molar-refractivity contribution in [3.63, 3.8) is 0 Å². The summed E-state index contributed by atoms with van der Waals surface area (Å²) < 4.78 is 11.8. The second kappa shape index (κ2) is 6.50. The van der Waals surface area contributed by atoms with Gasteiger partial charge in [0, 0.05) is 7.11 Å². The Kier molecular flexibility index (Phi) is 5.63. The molecule has 1 aromatic rings. The Morgan fingerprint density at radius 3 is 2.60 bits per heavy atom. The van der Waals surface area contributed by atoms with E-state index in [1.54, 1.807) is 7.11 Å². The molecule has 0 atom stereocenters. The van der Waals surface area contributed by atoms with Crippen LogP contribution in [-0.2, 0) is 16.0 Å². The molecule has 0 spiro atoms. The minimum absolute atomic E-state index is 0.0820. The number of hydrogen-bond donors (Lipinski definition) is 0. The minimum atomic E-state index is -0.262. The summed E-state index contributed by atoms with van der Waals surface area (Å²) in [5.74, 6) is 0. The van der Waals surface area contributed by atoms with Crippen LogP contribution in [0, 0.1) is 0 Å². The second-order valence-electron chi connectivity index (χ2n) is 2.69. The Morgan fingerprint density at radius 1 is 1.33 bits per heavy atom. The molecule has 0 radical (unpaired) electrons. The summed E-state index contributed by atoms with van der Waals surface area (Å²) in [4.78, 5) is 11.4. The molecule has 0 aromatic carbocycles. The van der Waals surface area contributed by atoms with Crippen LogP contribution in [0.15, 0.2) is 4.79 Å². The lowest BCUT2D eigenvalue weighted by Crippen LogP contribution is -2.17. The molecule has 0 fully saturated rings. The smallest absolute Gasteiger partial charge is 0.281 e. The minimum Gasteiger partial charge on any atom is -0.382 e. The molecule has 0 aliphatic rings. The van der Waals surface area contributed by atoms with Crippen molar-refractivity contribution in [1.29, 1.82) is 0 Å². The van der Waals surface area contributed by atoms with E-state index >= 15 is 0 Å². The van der Waals surface area contributed by atoms with Crippen LogP contribution in [0.4, 0.5) is 0 Å². The molecular formula is C8H11Cl2NO3S.